The molecule has 7 nitrogen and oxygen atoms in total. The van der Waals surface area contributed by atoms with E-state index in [-0.39, 0.29) is 24.5 Å². The first-order valence-electron chi connectivity index (χ1n) is 7.32. The molecule has 0 radical (unpaired) electrons. The van der Waals surface area contributed by atoms with Gasteiger partial charge in [-0.3, -0.25) is 9.59 Å². The Morgan fingerprint density at radius 1 is 1.28 bits per heavy atom. The van der Waals surface area contributed by atoms with Crippen LogP contribution in [0.2, 0.25) is 0 Å². The number of carbonyl (C=O) groups is 2. The van der Waals surface area contributed by atoms with E-state index in [0.717, 1.165) is 23.9 Å². The maximum Gasteiger partial charge on any atom is 0.313 e. The number of thioether (sulfide) groups is 1. The fourth-order valence-corrected chi connectivity index (χ4v) is 2.60. The molecule has 2 aromatic rings. The van der Waals surface area contributed by atoms with Gasteiger partial charge in [-0.15, -0.1) is 10.2 Å². The van der Waals surface area contributed by atoms with Crippen molar-refractivity contribution < 1.29 is 23.1 Å². The number of aromatic nitrogens is 3. The zero-order chi connectivity index (χ0) is 18.4. The van der Waals surface area contributed by atoms with Gasteiger partial charge >= 0.3 is 5.97 Å². The van der Waals surface area contributed by atoms with E-state index in [0.29, 0.717) is 11.0 Å². The second-order valence-corrected chi connectivity index (χ2v) is 5.85. The number of anilines is 1. The lowest BCUT2D eigenvalue weighted by Crippen LogP contribution is -2.15. The number of nitrogens with zero attached hydrogens (tertiary/aromatic N) is 3. The SMILES string of the molecule is CCOC(=O)Cc1nnc(SCC(=O)Nc2ccc(F)c(F)c2)n1C. The van der Waals surface area contributed by atoms with Crippen LogP contribution in [-0.2, 0) is 27.8 Å². The summed E-state index contributed by atoms with van der Waals surface area (Å²) in [6.07, 6.45) is -0.0149. The lowest BCUT2D eigenvalue weighted by molar-refractivity contribution is -0.142. The molecule has 0 fully saturated rings. The van der Waals surface area contributed by atoms with Crippen molar-refractivity contribution in [1.29, 1.82) is 0 Å². The lowest BCUT2D eigenvalue weighted by Gasteiger charge is -2.06. The highest BCUT2D eigenvalue weighted by Crippen LogP contribution is 2.18. The van der Waals surface area contributed by atoms with Gasteiger partial charge in [0, 0.05) is 18.8 Å². The molecule has 0 saturated carbocycles. The van der Waals surface area contributed by atoms with Crippen molar-refractivity contribution in [3.05, 3.63) is 35.7 Å². The van der Waals surface area contributed by atoms with Crippen LogP contribution >= 0.6 is 11.8 Å². The Kier molecular flexibility index (Phi) is 6.45. The zero-order valence-electron chi connectivity index (χ0n) is 13.6. The molecule has 1 heterocycles. The van der Waals surface area contributed by atoms with Crippen LogP contribution in [0.3, 0.4) is 0 Å². The molecule has 1 N–H and O–H groups in total. The number of ether oxygens (including phenoxy) is 1. The maximum absolute atomic E-state index is 13.1. The molecule has 1 amide bonds. The minimum Gasteiger partial charge on any atom is -0.466 e. The Balaban J connectivity index is 1.90. The van der Waals surface area contributed by atoms with Gasteiger partial charge in [0.2, 0.25) is 5.91 Å². The van der Waals surface area contributed by atoms with Gasteiger partial charge in [0.15, 0.2) is 16.8 Å². The summed E-state index contributed by atoms with van der Waals surface area (Å²) >= 11 is 1.10. The first-order valence-corrected chi connectivity index (χ1v) is 8.30. The predicted octanol–water partition coefficient (Wildman–Crippen LogP) is 1.93. The van der Waals surface area contributed by atoms with Gasteiger partial charge in [0.1, 0.15) is 12.2 Å². The largest absolute Gasteiger partial charge is 0.466 e. The molecule has 0 aliphatic carbocycles. The summed E-state index contributed by atoms with van der Waals surface area (Å²) in [4.78, 5) is 23.3. The van der Waals surface area contributed by atoms with Crippen molar-refractivity contribution in [3.63, 3.8) is 0 Å². The van der Waals surface area contributed by atoms with E-state index in [1.807, 2.05) is 0 Å². The fourth-order valence-electron chi connectivity index (χ4n) is 1.87. The third-order valence-corrected chi connectivity index (χ3v) is 4.09. The number of hydrogen-bond donors (Lipinski definition) is 1. The maximum atomic E-state index is 13.1. The quantitative estimate of drug-likeness (QED) is 0.592. The Bertz CT molecular complexity index is 782. The molecule has 10 heteroatoms. The molecule has 0 aliphatic heterocycles. The van der Waals surface area contributed by atoms with Crippen molar-refractivity contribution in [2.24, 2.45) is 7.05 Å². The van der Waals surface area contributed by atoms with Gasteiger partial charge in [0.25, 0.3) is 0 Å². The number of benzene rings is 1. The minimum atomic E-state index is -1.04. The number of hydrogen-bond acceptors (Lipinski definition) is 6. The normalized spacial score (nSPS) is 10.6. The Labute approximate surface area is 146 Å². The Morgan fingerprint density at radius 3 is 2.72 bits per heavy atom. The van der Waals surface area contributed by atoms with Crippen LogP contribution < -0.4 is 5.32 Å². The van der Waals surface area contributed by atoms with Crippen molar-refractivity contribution in [1.82, 2.24) is 14.8 Å². The smallest absolute Gasteiger partial charge is 0.313 e. The van der Waals surface area contributed by atoms with Gasteiger partial charge in [0.05, 0.1) is 12.4 Å². The van der Waals surface area contributed by atoms with Crippen LogP contribution in [0.15, 0.2) is 23.4 Å². The lowest BCUT2D eigenvalue weighted by atomic mass is 10.3. The van der Waals surface area contributed by atoms with Crippen molar-refractivity contribution in [3.8, 4) is 0 Å². The fraction of sp³-hybridized carbons (Fsp3) is 0.333. The monoisotopic (exact) mass is 370 g/mol. The highest BCUT2D eigenvalue weighted by molar-refractivity contribution is 7.99. The predicted molar refractivity (Wildman–Crippen MR) is 87.1 cm³/mol. The second kappa shape index (κ2) is 8.56. The van der Waals surface area contributed by atoms with E-state index in [9.17, 15) is 18.4 Å². The van der Waals surface area contributed by atoms with E-state index in [2.05, 4.69) is 15.5 Å². The van der Waals surface area contributed by atoms with Crippen LogP contribution in [0, 0.1) is 11.6 Å². The van der Waals surface area contributed by atoms with Crippen molar-refractivity contribution in [2.75, 3.05) is 17.7 Å². The number of esters is 1. The topological polar surface area (TPSA) is 86.1 Å². The molecule has 25 heavy (non-hydrogen) atoms. The number of halogens is 2. The highest BCUT2D eigenvalue weighted by atomic mass is 32.2. The molecular formula is C15H16F2N4O3S. The van der Waals surface area contributed by atoms with Crippen LogP contribution in [0.1, 0.15) is 12.7 Å². The third-order valence-electron chi connectivity index (χ3n) is 3.07. The summed E-state index contributed by atoms with van der Waals surface area (Å²) < 4.78 is 32.4. The average Bonchev–Trinajstić information content (AvgIpc) is 2.89. The summed E-state index contributed by atoms with van der Waals surface area (Å²) in [6, 6.07) is 3.10. The van der Waals surface area contributed by atoms with E-state index < -0.39 is 23.5 Å². The molecule has 1 aromatic carbocycles. The van der Waals surface area contributed by atoms with E-state index >= 15 is 0 Å². The average molecular weight is 370 g/mol. The first kappa shape index (κ1) is 18.8. The standard InChI is InChI=1S/C15H16F2N4O3S/c1-3-24-14(23)7-12-19-20-15(21(12)2)25-8-13(22)18-9-4-5-10(16)11(17)6-9/h4-6H,3,7-8H2,1-2H3,(H,18,22). The molecular weight excluding hydrogens is 354 g/mol. The molecule has 0 atom stereocenters. The second-order valence-electron chi connectivity index (χ2n) is 4.91. The highest BCUT2D eigenvalue weighted by Gasteiger charge is 2.15. The van der Waals surface area contributed by atoms with Crippen molar-refractivity contribution >= 4 is 29.3 Å². The molecule has 1 aromatic heterocycles. The molecule has 2 rings (SSSR count). The van der Waals surface area contributed by atoms with Crippen molar-refractivity contribution in [2.45, 2.75) is 18.5 Å². The van der Waals surface area contributed by atoms with Crippen LogP contribution in [0.5, 0.6) is 0 Å². The Morgan fingerprint density at radius 2 is 2.04 bits per heavy atom. The van der Waals surface area contributed by atoms with Gasteiger partial charge in [-0.05, 0) is 19.1 Å². The summed E-state index contributed by atoms with van der Waals surface area (Å²) in [5.41, 5.74) is 0.158. The molecule has 0 aliphatic rings. The number of rotatable bonds is 7. The first-order chi connectivity index (χ1) is 11.9. The summed E-state index contributed by atoms with van der Waals surface area (Å²) in [5.74, 6) is -2.44. The van der Waals surface area contributed by atoms with Crippen LogP contribution in [0.4, 0.5) is 14.5 Å². The molecule has 0 saturated heterocycles. The van der Waals surface area contributed by atoms with E-state index in [1.165, 1.54) is 6.07 Å². The van der Waals surface area contributed by atoms with E-state index in [4.69, 9.17) is 4.74 Å². The summed E-state index contributed by atoms with van der Waals surface area (Å²) in [5, 5.41) is 10.7. The molecule has 0 unspecified atom stereocenters. The third kappa shape index (κ3) is 5.24. The van der Waals surface area contributed by atoms with Crippen LogP contribution in [0.25, 0.3) is 0 Å². The minimum absolute atomic E-state index is 0.00955. The zero-order valence-corrected chi connectivity index (χ0v) is 14.4. The van der Waals surface area contributed by atoms with Gasteiger partial charge in [-0.1, -0.05) is 11.8 Å². The summed E-state index contributed by atoms with van der Waals surface area (Å²) in [7, 11) is 1.67. The Hall–Kier alpha value is -2.49. The number of carbonyl (C=O) groups excluding carboxylic acids is 2. The van der Waals surface area contributed by atoms with Gasteiger partial charge < -0.3 is 14.6 Å². The van der Waals surface area contributed by atoms with Gasteiger partial charge in [-0.2, -0.15) is 0 Å². The van der Waals surface area contributed by atoms with Gasteiger partial charge in [-0.25, -0.2) is 8.78 Å². The van der Waals surface area contributed by atoms with Crippen LogP contribution in [-0.4, -0.2) is 39.0 Å². The van der Waals surface area contributed by atoms with E-state index in [1.54, 1.807) is 18.5 Å². The summed E-state index contributed by atoms with van der Waals surface area (Å²) in [6.45, 7) is 1.99. The number of amides is 1. The molecule has 134 valence electrons. The molecule has 0 bridgehead atoms. The molecule has 0 spiro atoms. The number of nitrogens with one attached hydrogen (secondary N) is 1.